The molecule has 23 heavy (non-hydrogen) atoms. The van der Waals surface area contributed by atoms with Crippen molar-refractivity contribution in [2.75, 3.05) is 0 Å². The van der Waals surface area contributed by atoms with Gasteiger partial charge in [-0.15, -0.1) is 0 Å². The molecule has 6 unspecified atom stereocenters. The lowest BCUT2D eigenvalue weighted by Gasteiger charge is -2.55. The lowest BCUT2D eigenvalue weighted by atomic mass is 9.51. The number of esters is 1. The van der Waals surface area contributed by atoms with Crippen LogP contribution >= 0.6 is 0 Å². The molecule has 5 aliphatic rings. The molecule has 0 aromatic carbocycles. The third kappa shape index (κ3) is 1.66. The van der Waals surface area contributed by atoms with Gasteiger partial charge in [-0.25, -0.2) is 0 Å². The van der Waals surface area contributed by atoms with Crippen LogP contribution in [0.25, 0.3) is 0 Å². The van der Waals surface area contributed by atoms with Gasteiger partial charge in [-0.2, -0.15) is 0 Å². The second-order valence-corrected chi connectivity index (χ2v) is 8.58. The van der Waals surface area contributed by atoms with Gasteiger partial charge in [-0.1, -0.05) is 19.1 Å². The molecule has 2 saturated carbocycles. The summed E-state index contributed by atoms with van der Waals surface area (Å²) in [6, 6.07) is 0. The third-order valence-electron chi connectivity index (χ3n) is 7.82. The number of allylic oxidation sites excluding steroid dienone is 4. The second kappa shape index (κ2) is 4.37. The molecule has 3 nitrogen and oxygen atoms in total. The molecule has 0 aromatic rings. The van der Waals surface area contributed by atoms with Crippen molar-refractivity contribution in [3.05, 3.63) is 23.8 Å². The summed E-state index contributed by atoms with van der Waals surface area (Å²) in [4.78, 5) is 23.7. The number of carbonyl (C=O) groups is 2. The maximum Gasteiger partial charge on any atom is 0.306 e. The summed E-state index contributed by atoms with van der Waals surface area (Å²) in [5, 5.41) is 0. The Balaban J connectivity index is 1.56. The monoisotopic (exact) mass is 312 g/mol. The first-order valence-electron chi connectivity index (χ1n) is 9.18. The largest absolute Gasteiger partial charge is 0.458 e. The molecule has 1 spiro atoms. The Labute approximate surface area is 137 Å². The van der Waals surface area contributed by atoms with Crippen LogP contribution in [0.3, 0.4) is 0 Å². The lowest BCUT2D eigenvalue weighted by molar-refractivity contribution is -0.162. The molecular formula is C20H24O3. The Bertz CT molecular complexity index is 660. The van der Waals surface area contributed by atoms with Crippen LogP contribution in [0.2, 0.25) is 0 Å². The summed E-state index contributed by atoms with van der Waals surface area (Å²) in [5.74, 6) is 2.35. The van der Waals surface area contributed by atoms with E-state index in [1.54, 1.807) is 0 Å². The van der Waals surface area contributed by atoms with Crippen molar-refractivity contribution in [3.8, 4) is 0 Å². The first-order chi connectivity index (χ1) is 11.0. The van der Waals surface area contributed by atoms with Crippen molar-refractivity contribution in [1.29, 1.82) is 0 Å². The first-order valence-corrected chi connectivity index (χ1v) is 9.18. The molecule has 1 saturated heterocycles. The van der Waals surface area contributed by atoms with Gasteiger partial charge >= 0.3 is 5.97 Å². The van der Waals surface area contributed by atoms with Gasteiger partial charge in [-0.3, -0.25) is 9.59 Å². The molecule has 122 valence electrons. The van der Waals surface area contributed by atoms with E-state index in [-0.39, 0.29) is 22.8 Å². The molecule has 6 atom stereocenters. The zero-order valence-electron chi connectivity index (χ0n) is 13.7. The second-order valence-electron chi connectivity index (χ2n) is 8.58. The van der Waals surface area contributed by atoms with Gasteiger partial charge in [0.2, 0.25) is 0 Å². The van der Waals surface area contributed by atoms with Crippen LogP contribution in [0.1, 0.15) is 51.9 Å². The molecule has 3 heteroatoms. The Kier molecular flexibility index (Phi) is 2.66. The van der Waals surface area contributed by atoms with Gasteiger partial charge in [0.05, 0.1) is 6.42 Å². The Hall–Kier alpha value is -1.38. The minimum Gasteiger partial charge on any atom is -0.458 e. The highest BCUT2D eigenvalue weighted by Gasteiger charge is 2.64. The van der Waals surface area contributed by atoms with Crippen molar-refractivity contribution >= 4 is 11.8 Å². The van der Waals surface area contributed by atoms with E-state index in [2.05, 4.69) is 19.1 Å². The summed E-state index contributed by atoms with van der Waals surface area (Å²) in [7, 11) is 0. The highest BCUT2D eigenvalue weighted by molar-refractivity contribution is 5.92. The molecule has 4 aliphatic carbocycles. The molecular weight excluding hydrogens is 288 g/mol. The predicted molar refractivity (Wildman–Crippen MR) is 85.4 cm³/mol. The van der Waals surface area contributed by atoms with Gasteiger partial charge in [-0.05, 0) is 61.0 Å². The van der Waals surface area contributed by atoms with Crippen LogP contribution in [0.4, 0.5) is 0 Å². The molecule has 0 amide bonds. The average molecular weight is 312 g/mol. The standard InChI is InChI=1S/C20H24O3/c1-19-8-6-14(21)10-12(19)2-4-15-16(19)7-9-20-13(3-5-17(15)20)11-18(22)23-20/h2,4,10,13,15-17H,3,5-9,11H2,1H3. The van der Waals surface area contributed by atoms with E-state index in [4.69, 9.17) is 4.74 Å². The minimum atomic E-state index is -0.162. The summed E-state index contributed by atoms with van der Waals surface area (Å²) in [6.07, 6.45) is 13.2. The number of ether oxygens (including phenoxy) is 1. The summed E-state index contributed by atoms with van der Waals surface area (Å²) < 4.78 is 5.97. The van der Waals surface area contributed by atoms with Crippen LogP contribution in [-0.4, -0.2) is 17.4 Å². The summed E-state index contributed by atoms with van der Waals surface area (Å²) >= 11 is 0. The van der Waals surface area contributed by atoms with Gasteiger partial charge in [0.15, 0.2) is 5.78 Å². The fraction of sp³-hybridized carbons (Fsp3) is 0.700. The maximum atomic E-state index is 11.9. The molecule has 5 rings (SSSR count). The summed E-state index contributed by atoms with van der Waals surface area (Å²) in [6.45, 7) is 2.36. The zero-order chi connectivity index (χ0) is 15.8. The number of hydrogen-bond donors (Lipinski definition) is 0. The highest BCUT2D eigenvalue weighted by atomic mass is 16.6. The van der Waals surface area contributed by atoms with Crippen molar-refractivity contribution in [1.82, 2.24) is 0 Å². The number of fused-ring (bicyclic) bond motifs is 4. The smallest absolute Gasteiger partial charge is 0.306 e. The molecule has 0 bridgehead atoms. The quantitative estimate of drug-likeness (QED) is 0.642. The van der Waals surface area contributed by atoms with Gasteiger partial charge in [0.1, 0.15) is 5.60 Å². The number of rotatable bonds is 0. The van der Waals surface area contributed by atoms with E-state index in [0.717, 1.165) is 25.7 Å². The first kappa shape index (κ1) is 14.0. The Morgan fingerprint density at radius 1 is 1.13 bits per heavy atom. The third-order valence-corrected chi connectivity index (χ3v) is 7.82. The van der Waals surface area contributed by atoms with E-state index in [0.29, 0.717) is 36.5 Å². The molecule has 0 radical (unpaired) electrons. The highest BCUT2D eigenvalue weighted by Crippen LogP contribution is 2.64. The molecule has 0 N–H and O–H groups in total. The van der Waals surface area contributed by atoms with E-state index < -0.39 is 0 Å². The fourth-order valence-electron chi connectivity index (χ4n) is 6.68. The van der Waals surface area contributed by atoms with Crippen LogP contribution in [0.15, 0.2) is 23.8 Å². The number of carbonyl (C=O) groups excluding carboxylic acids is 2. The van der Waals surface area contributed by atoms with Crippen LogP contribution in [0.5, 0.6) is 0 Å². The van der Waals surface area contributed by atoms with E-state index in [9.17, 15) is 9.59 Å². The number of ketones is 1. The van der Waals surface area contributed by atoms with Crippen molar-refractivity contribution < 1.29 is 14.3 Å². The van der Waals surface area contributed by atoms with Gasteiger partial charge in [0, 0.05) is 18.3 Å². The van der Waals surface area contributed by atoms with Crippen molar-refractivity contribution in [3.63, 3.8) is 0 Å². The Morgan fingerprint density at radius 2 is 2.00 bits per heavy atom. The molecule has 0 aromatic heterocycles. The molecule has 1 aliphatic heterocycles. The van der Waals surface area contributed by atoms with E-state index in [1.807, 2.05) is 6.08 Å². The topological polar surface area (TPSA) is 43.4 Å². The van der Waals surface area contributed by atoms with E-state index in [1.165, 1.54) is 12.0 Å². The molecule has 3 fully saturated rings. The van der Waals surface area contributed by atoms with E-state index >= 15 is 0 Å². The zero-order valence-corrected chi connectivity index (χ0v) is 13.7. The fourth-order valence-corrected chi connectivity index (χ4v) is 6.68. The van der Waals surface area contributed by atoms with Crippen LogP contribution in [0, 0.1) is 29.1 Å². The SMILES string of the molecule is CC12CCC(=O)C=C1C=CC1C2CCC23OC(=O)CC2CCC13. The van der Waals surface area contributed by atoms with Crippen molar-refractivity contribution in [2.24, 2.45) is 29.1 Å². The summed E-state index contributed by atoms with van der Waals surface area (Å²) in [5.41, 5.74) is 1.21. The minimum absolute atomic E-state index is 0.0213. The average Bonchev–Trinajstić information content (AvgIpc) is 3.00. The van der Waals surface area contributed by atoms with Crippen LogP contribution in [-0.2, 0) is 14.3 Å². The van der Waals surface area contributed by atoms with Crippen molar-refractivity contribution in [2.45, 2.75) is 57.5 Å². The maximum absolute atomic E-state index is 11.9. The van der Waals surface area contributed by atoms with Crippen LogP contribution < -0.4 is 0 Å². The number of hydrogen-bond acceptors (Lipinski definition) is 3. The van der Waals surface area contributed by atoms with Gasteiger partial charge < -0.3 is 4.74 Å². The normalized spacial score (nSPS) is 50.6. The molecule has 1 heterocycles. The lowest BCUT2D eigenvalue weighted by Crippen LogP contribution is -2.52. The predicted octanol–water partition coefficient (Wildman–Crippen LogP) is 3.59. The van der Waals surface area contributed by atoms with Gasteiger partial charge in [0.25, 0.3) is 0 Å². The Morgan fingerprint density at radius 3 is 2.87 bits per heavy atom.